The third-order valence-corrected chi connectivity index (χ3v) is 17.2. The fourth-order valence-corrected chi connectivity index (χ4v) is 9.54. The minimum atomic E-state index is -0.476. The molecule has 0 bridgehead atoms. The maximum atomic E-state index is 11.7. The van der Waals surface area contributed by atoms with Crippen LogP contribution in [0.3, 0.4) is 0 Å². The third-order valence-electron chi connectivity index (χ3n) is 17.2. The number of hydrogen-bond acceptors (Lipinski definition) is 10. The van der Waals surface area contributed by atoms with Crippen molar-refractivity contribution in [3.8, 4) is 11.4 Å². The summed E-state index contributed by atoms with van der Waals surface area (Å²) in [5, 5.41) is 17.2. The van der Waals surface area contributed by atoms with Crippen molar-refractivity contribution in [3.63, 3.8) is 0 Å². The second kappa shape index (κ2) is 34.7. The van der Waals surface area contributed by atoms with E-state index in [1.165, 1.54) is 76.7 Å². The summed E-state index contributed by atoms with van der Waals surface area (Å²) in [4.78, 5) is 38.0. The van der Waals surface area contributed by atoms with E-state index in [0.29, 0.717) is 5.56 Å². The van der Waals surface area contributed by atoms with Gasteiger partial charge in [0.1, 0.15) is 14.2 Å². The van der Waals surface area contributed by atoms with Crippen molar-refractivity contribution >= 4 is 38.5 Å². The van der Waals surface area contributed by atoms with E-state index < -0.39 is 21.1 Å². The average molecular weight is 1590 g/mol. The molecule has 7 aliphatic rings. The van der Waals surface area contributed by atoms with Crippen molar-refractivity contribution in [2.75, 3.05) is 14.2 Å². The molecule has 9 heterocycles. The van der Waals surface area contributed by atoms with Gasteiger partial charge in [-0.2, -0.15) is 0 Å². The van der Waals surface area contributed by atoms with E-state index in [4.69, 9.17) is 38.1 Å². The zero-order valence-electron chi connectivity index (χ0n) is 57.7. The molecule has 21 heteroatoms. The first-order chi connectivity index (χ1) is 40.6. The van der Waals surface area contributed by atoms with Gasteiger partial charge in [-0.05, 0) is 207 Å². The van der Waals surface area contributed by atoms with Gasteiger partial charge < -0.3 is 58.7 Å². The number of fused-ring (bicyclic) bond motifs is 2. The molecule has 3 saturated heterocycles. The van der Waals surface area contributed by atoms with Gasteiger partial charge in [-0.3, -0.25) is 19.6 Å². The van der Waals surface area contributed by atoms with E-state index in [0.717, 1.165) is 33.9 Å². The molecule has 2 aliphatic carbocycles. The summed E-state index contributed by atoms with van der Waals surface area (Å²) in [5.74, 6) is -0.00901. The Labute approximate surface area is 562 Å². The van der Waals surface area contributed by atoms with Gasteiger partial charge in [0.15, 0.2) is 0 Å². The second-order valence-electron chi connectivity index (χ2n) is 27.6. The molecule has 2 amide bonds. The predicted octanol–water partition coefficient (Wildman–Crippen LogP) is 12.9. The monoisotopic (exact) mass is 1590 g/mol. The van der Waals surface area contributed by atoms with Gasteiger partial charge in [0.25, 0.3) is 11.8 Å². The van der Waals surface area contributed by atoms with Gasteiger partial charge >= 0.3 is 21.1 Å². The molecule has 0 unspecified atom stereocenters. The molecular weight excluding hydrogens is 1480 g/mol. The summed E-state index contributed by atoms with van der Waals surface area (Å²) in [5.41, 5.74) is 6.73. The van der Waals surface area contributed by atoms with Crippen LogP contribution in [0.15, 0.2) is 104 Å². The maximum absolute atomic E-state index is 11.7. The predicted molar refractivity (Wildman–Crippen MR) is 359 cm³/mol. The number of hydrogen-bond donors (Lipinski definition) is 4. The smallest absolute Gasteiger partial charge is 0.448 e. The number of allylic oxidation sites excluding steroid dienone is 8. The molecule has 0 aromatic carbocycles. The van der Waals surface area contributed by atoms with Crippen LogP contribution in [0.1, 0.15) is 245 Å². The van der Waals surface area contributed by atoms with Crippen molar-refractivity contribution in [2.24, 2.45) is 0 Å². The number of nitrogens with one attached hydrogen (secondary N) is 4. The zero-order valence-corrected chi connectivity index (χ0v) is 62.5. The first kappa shape index (κ1) is 81.0. The number of H-pyrrole nitrogens is 2. The Morgan fingerprint density at radius 2 is 0.764 bits per heavy atom. The first-order valence-corrected chi connectivity index (χ1v) is 31.2. The van der Waals surface area contributed by atoms with Crippen LogP contribution in [0.25, 0.3) is 11.4 Å². The quantitative estimate of drug-likeness (QED) is 0.0864. The van der Waals surface area contributed by atoms with Crippen molar-refractivity contribution in [1.29, 1.82) is 0 Å². The van der Waals surface area contributed by atoms with E-state index in [-0.39, 0.29) is 109 Å². The van der Waals surface area contributed by atoms with Crippen LogP contribution in [-0.4, -0.2) is 111 Å². The van der Waals surface area contributed by atoms with Crippen LogP contribution in [0.4, 0.5) is 0 Å². The summed E-state index contributed by atoms with van der Waals surface area (Å²) >= 11 is 0. The number of aromatic amines is 2. The van der Waals surface area contributed by atoms with Gasteiger partial charge in [0.2, 0.25) is 0 Å². The summed E-state index contributed by atoms with van der Waals surface area (Å²) in [6.07, 6.45) is 33.5. The van der Waals surface area contributed by atoms with Crippen LogP contribution in [-0.2, 0) is 79.0 Å². The van der Waals surface area contributed by atoms with E-state index in [1.54, 1.807) is 12.3 Å². The summed E-state index contributed by atoms with van der Waals surface area (Å²) in [6.45, 7) is 41.5. The van der Waals surface area contributed by atoms with E-state index >= 15 is 0 Å². The molecular formula is C68H109B3Ir2N6O10+2. The minimum Gasteiger partial charge on any atom is -0.448 e. The molecule has 0 spiro atoms. The van der Waals surface area contributed by atoms with Crippen LogP contribution < -0.4 is 16.2 Å². The van der Waals surface area contributed by atoms with Gasteiger partial charge in [-0.25, -0.2) is 0 Å². The SMILES string of the molecule is C1=CCC/C=C\CC1.C1=CCC/C=C\CC1.CC(C)(C)c1ccnc(-c2cc(C(C)(C)C)ccn2)c1.CC1(C)OB(B2OC(C)(C)C(C)(C)O2)OC1(C)C.C[C@H]1NC(=O)c2cc(B3OC(C)(C)C(C)(C)O3)[nH]c21.C[C@H]1NC(=O)c2cc[nH]c21.C[OH2+].C[OH2+].[Ir].[Ir]. The third kappa shape index (κ3) is 22.3. The number of rotatable bonds is 3. The topological polar surface area (TPSA) is 217 Å². The van der Waals surface area contributed by atoms with Crippen LogP contribution in [0.2, 0.25) is 0 Å². The van der Waals surface area contributed by atoms with Crippen molar-refractivity contribution in [3.05, 3.63) is 137 Å². The second-order valence-corrected chi connectivity index (χ2v) is 27.6. The molecule has 89 heavy (non-hydrogen) atoms. The van der Waals surface area contributed by atoms with Gasteiger partial charge in [0.05, 0.1) is 73.9 Å². The van der Waals surface area contributed by atoms with Gasteiger partial charge in [-0.15, -0.1) is 0 Å². The summed E-state index contributed by atoms with van der Waals surface area (Å²) < 4.78 is 35.8. The molecule has 8 N–H and O–H groups in total. The Hall–Kier alpha value is -4.07. The van der Waals surface area contributed by atoms with E-state index in [9.17, 15) is 9.59 Å². The molecule has 496 valence electrons. The molecule has 5 aliphatic heterocycles. The number of amides is 2. The van der Waals surface area contributed by atoms with Crippen molar-refractivity contribution in [1.82, 2.24) is 30.6 Å². The Balaban J connectivity index is 0.000000370. The van der Waals surface area contributed by atoms with E-state index in [2.05, 4.69) is 145 Å². The van der Waals surface area contributed by atoms with Crippen LogP contribution in [0, 0.1) is 0 Å². The Kier molecular flexibility index (Phi) is 31.6. The Bertz CT molecular complexity index is 2740. The molecule has 0 saturated carbocycles. The molecule has 11 rings (SSSR count). The average Bonchev–Trinajstić information content (AvgIpc) is 1.63. The number of pyridine rings is 2. The van der Waals surface area contributed by atoms with Gasteiger partial charge in [0, 0.05) is 70.1 Å². The largest absolute Gasteiger partial charge is 0.512 e. The van der Waals surface area contributed by atoms with Crippen LogP contribution in [0.5, 0.6) is 0 Å². The summed E-state index contributed by atoms with van der Waals surface area (Å²) in [7, 11) is 1.10. The Morgan fingerprint density at radius 1 is 0.461 bits per heavy atom. The summed E-state index contributed by atoms with van der Waals surface area (Å²) in [6, 6.07) is 12.2. The number of nitrogens with zero attached hydrogens (tertiary/aromatic N) is 2. The Morgan fingerprint density at radius 3 is 1.07 bits per heavy atom. The van der Waals surface area contributed by atoms with Crippen molar-refractivity contribution in [2.45, 2.75) is 246 Å². The molecule has 2 radical (unpaired) electrons. The maximum Gasteiger partial charge on any atom is 0.512 e. The fourth-order valence-electron chi connectivity index (χ4n) is 9.54. The normalized spacial score (nSPS) is 22.1. The molecule has 3 fully saturated rings. The van der Waals surface area contributed by atoms with E-state index in [1.807, 2.05) is 115 Å². The van der Waals surface area contributed by atoms with Crippen molar-refractivity contribution < 1.29 is 87.9 Å². The first-order valence-electron chi connectivity index (χ1n) is 31.2. The molecule has 4 aromatic heterocycles. The molecule has 4 aromatic rings. The van der Waals surface area contributed by atoms with Gasteiger partial charge in [-0.1, -0.05) is 90.2 Å². The number of carbonyl (C=O) groups excluding carboxylic acids is 2. The standard InChI is InChI=1S/C18H24N2.C13H19BN2O3.C12H24B2O4.2C8H12.C7H8N2O.2CH4O.2Ir/c1-17(2,3)13-7-9-19-15(11-13)16-12-14(8-10-20-16)18(4,5)6;1-7-10-8(11(17)15-7)6-9(16-10)14-18-12(2,3)13(4,5)19-14;1-9(2)10(3,4)16-13(15-9)14-17-11(5,6)12(7,8)18-14;2*1-2-4-6-8-7-5-3-1;1-4-6-5(2-3-8-6)7(10)9-4;2*1-2;;/h7-12H,1-6H3;6-7,16H,1-5H3,(H,15,17);1-8H3;2*1-2,7-8H,3-6H2;2-4,8H,1H3,(H,9,10);2*2H,1H3;;/p+2/b;;;2*2-1-,8-7?;;;;;/t;7-;;;;4-;;;;/m.1...1..../s1. The molecule has 2 atom stereocenters. The molecule has 16 nitrogen and oxygen atoms in total. The fraction of sp³-hybridized carbons (Fsp3) is 0.588. The number of aromatic nitrogens is 4. The minimum absolute atomic E-state index is 0. The van der Waals surface area contributed by atoms with Crippen LogP contribution >= 0.6 is 0 Å². The number of carbonyl (C=O) groups is 2. The zero-order chi connectivity index (χ0) is 65.4.